The van der Waals surface area contributed by atoms with E-state index >= 15 is 0 Å². The summed E-state index contributed by atoms with van der Waals surface area (Å²) in [6.07, 6.45) is 3.31. The molecule has 1 aliphatic carbocycles. The zero-order valence-electron chi connectivity index (χ0n) is 13.0. The number of fused-ring (bicyclic) bond motifs is 1. The summed E-state index contributed by atoms with van der Waals surface area (Å²) in [6.45, 7) is 7.84. The van der Waals surface area contributed by atoms with E-state index < -0.39 is 0 Å². The van der Waals surface area contributed by atoms with Crippen LogP contribution in [0.4, 0.5) is 0 Å². The maximum Gasteiger partial charge on any atom is 0.0753 e. The molecule has 1 aliphatic heterocycles. The van der Waals surface area contributed by atoms with Crippen molar-refractivity contribution in [3.05, 3.63) is 33.8 Å². The number of nitrogens with zero attached hydrogens (tertiary/aromatic N) is 1. The predicted molar refractivity (Wildman–Crippen MR) is 89.6 cm³/mol. The molecule has 3 nitrogen and oxygen atoms in total. The van der Waals surface area contributed by atoms with Crippen molar-refractivity contribution in [3.8, 4) is 0 Å². The van der Waals surface area contributed by atoms with Gasteiger partial charge in [0.1, 0.15) is 0 Å². The monoisotopic (exact) mass is 352 g/mol. The molecule has 4 heteroatoms. The maximum atomic E-state index is 6.25. The summed E-state index contributed by atoms with van der Waals surface area (Å²) in [5, 5.41) is 0. The Bertz CT molecular complexity index is 532. The molecule has 1 aromatic carbocycles. The highest BCUT2D eigenvalue weighted by molar-refractivity contribution is 9.10. The quantitative estimate of drug-likeness (QED) is 0.889. The van der Waals surface area contributed by atoms with E-state index in [4.69, 9.17) is 10.5 Å². The molecule has 0 spiro atoms. The first kappa shape index (κ1) is 15.5. The van der Waals surface area contributed by atoms with Gasteiger partial charge in [-0.15, -0.1) is 0 Å². The average Bonchev–Trinajstić information content (AvgIpc) is 2.45. The molecule has 1 fully saturated rings. The fourth-order valence-corrected chi connectivity index (χ4v) is 4.21. The summed E-state index contributed by atoms with van der Waals surface area (Å²) in [7, 11) is 0. The third kappa shape index (κ3) is 3.04. The first-order valence-corrected chi connectivity index (χ1v) is 8.60. The molecule has 0 bridgehead atoms. The lowest BCUT2D eigenvalue weighted by Crippen LogP contribution is -2.63. The van der Waals surface area contributed by atoms with Gasteiger partial charge in [-0.25, -0.2) is 0 Å². The van der Waals surface area contributed by atoms with Crippen molar-refractivity contribution < 1.29 is 4.74 Å². The topological polar surface area (TPSA) is 38.5 Å². The highest BCUT2D eigenvalue weighted by Gasteiger charge is 2.42. The van der Waals surface area contributed by atoms with E-state index in [1.54, 1.807) is 0 Å². The summed E-state index contributed by atoms with van der Waals surface area (Å²) < 4.78 is 7.05. The van der Waals surface area contributed by atoms with E-state index in [0.29, 0.717) is 0 Å². The van der Waals surface area contributed by atoms with Crippen molar-refractivity contribution in [1.82, 2.24) is 4.90 Å². The number of aryl methyl sites for hydroxylation is 1. The highest BCUT2D eigenvalue weighted by atomic mass is 79.9. The van der Waals surface area contributed by atoms with E-state index in [9.17, 15) is 0 Å². The Labute approximate surface area is 136 Å². The Morgan fingerprint density at radius 2 is 2.14 bits per heavy atom. The fraction of sp³-hybridized carbons (Fsp3) is 0.647. The SMILES string of the molecule is CC1(C)CN(C2(CN)CCc3cc(Br)ccc3C2)CCO1. The van der Waals surface area contributed by atoms with E-state index in [-0.39, 0.29) is 11.1 Å². The Morgan fingerprint density at radius 1 is 1.33 bits per heavy atom. The number of hydrogen-bond acceptors (Lipinski definition) is 3. The number of nitrogens with two attached hydrogens (primary N) is 1. The van der Waals surface area contributed by atoms with Crippen LogP contribution in [-0.2, 0) is 17.6 Å². The van der Waals surface area contributed by atoms with Crippen LogP contribution >= 0.6 is 15.9 Å². The number of halogens is 1. The van der Waals surface area contributed by atoms with Crippen LogP contribution in [0, 0.1) is 0 Å². The van der Waals surface area contributed by atoms with Crippen LogP contribution in [0.2, 0.25) is 0 Å². The molecule has 2 aliphatic rings. The zero-order chi connectivity index (χ0) is 15.1. The predicted octanol–water partition coefficient (Wildman–Crippen LogP) is 2.75. The Kier molecular flexibility index (Phi) is 4.17. The van der Waals surface area contributed by atoms with Crippen LogP contribution in [0.5, 0.6) is 0 Å². The summed E-state index contributed by atoms with van der Waals surface area (Å²) in [5.41, 5.74) is 9.21. The first-order valence-electron chi connectivity index (χ1n) is 7.81. The first-order chi connectivity index (χ1) is 9.94. The molecule has 116 valence electrons. The van der Waals surface area contributed by atoms with Gasteiger partial charge in [0.15, 0.2) is 0 Å². The van der Waals surface area contributed by atoms with Crippen LogP contribution in [-0.4, -0.2) is 42.3 Å². The summed E-state index contributed by atoms with van der Waals surface area (Å²) in [6, 6.07) is 6.67. The van der Waals surface area contributed by atoms with E-state index in [2.05, 4.69) is 52.9 Å². The van der Waals surface area contributed by atoms with Crippen molar-refractivity contribution in [1.29, 1.82) is 0 Å². The van der Waals surface area contributed by atoms with Crippen LogP contribution in [0.1, 0.15) is 31.4 Å². The molecule has 1 aromatic rings. The molecule has 0 saturated carbocycles. The molecule has 0 aromatic heterocycles. The second kappa shape index (κ2) is 5.65. The van der Waals surface area contributed by atoms with Crippen LogP contribution in [0.25, 0.3) is 0 Å². The summed E-state index contributed by atoms with van der Waals surface area (Å²) in [4.78, 5) is 2.58. The van der Waals surface area contributed by atoms with E-state index in [1.807, 2.05) is 0 Å². The van der Waals surface area contributed by atoms with Crippen LogP contribution < -0.4 is 5.73 Å². The number of rotatable bonds is 2. The van der Waals surface area contributed by atoms with Gasteiger partial charge < -0.3 is 10.5 Å². The molecular weight excluding hydrogens is 328 g/mol. The lowest BCUT2D eigenvalue weighted by atomic mass is 9.76. The molecule has 1 saturated heterocycles. The van der Waals surface area contributed by atoms with Gasteiger partial charge in [-0.1, -0.05) is 22.0 Å². The van der Waals surface area contributed by atoms with Gasteiger partial charge in [0.2, 0.25) is 0 Å². The molecule has 21 heavy (non-hydrogen) atoms. The van der Waals surface area contributed by atoms with Gasteiger partial charge in [0, 0.05) is 29.6 Å². The van der Waals surface area contributed by atoms with Crippen molar-refractivity contribution >= 4 is 15.9 Å². The zero-order valence-corrected chi connectivity index (χ0v) is 14.6. The van der Waals surface area contributed by atoms with Gasteiger partial charge >= 0.3 is 0 Å². The van der Waals surface area contributed by atoms with Crippen LogP contribution in [0.15, 0.2) is 22.7 Å². The standard InChI is InChI=1S/C17H25BrN2O/c1-16(2)12-20(7-8-21-16)17(11-19)6-5-13-9-15(18)4-3-14(13)10-17/h3-4,9H,5-8,10-12,19H2,1-2H3. The maximum absolute atomic E-state index is 6.25. The second-order valence-corrected chi connectivity index (χ2v) is 7.96. The summed E-state index contributed by atoms with van der Waals surface area (Å²) >= 11 is 3.58. The highest BCUT2D eigenvalue weighted by Crippen LogP contribution is 2.36. The smallest absolute Gasteiger partial charge is 0.0753 e. The van der Waals surface area contributed by atoms with Crippen molar-refractivity contribution in [2.24, 2.45) is 5.73 Å². The second-order valence-electron chi connectivity index (χ2n) is 7.05. The fourth-order valence-electron chi connectivity index (χ4n) is 3.80. The molecule has 2 N–H and O–H groups in total. The van der Waals surface area contributed by atoms with Crippen molar-refractivity contribution in [2.45, 2.75) is 44.2 Å². The largest absolute Gasteiger partial charge is 0.373 e. The minimum atomic E-state index is -0.0690. The molecule has 1 atom stereocenters. The van der Waals surface area contributed by atoms with Crippen molar-refractivity contribution in [3.63, 3.8) is 0 Å². The lowest BCUT2D eigenvalue weighted by molar-refractivity contribution is -0.117. The molecule has 1 heterocycles. The van der Waals surface area contributed by atoms with Crippen molar-refractivity contribution in [2.75, 3.05) is 26.2 Å². The molecule has 0 amide bonds. The van der Waals surface area contributed by atoms with E-state index in [1.165, 1.54) is 15.6 Å². The number of benzene rings is 1. The minimum absolute atomic E-state index is 0.0690. The van der Waals surface area contributed by atoms with Crippen LogP contribution in [0.3, 0.4) is 0 Å². The number of hydrogen-bond donors (Lipinski definition) is 1. The minimum Gasteiger partial charge on any atom is -0.373 e. The van der Waals surface area contributed by atoms with Gasteiger partial charge in [-0.2, -0.15) is 0 Å². The molecule has 1 unspecified atom stereocenters. The summed E-state index contributed by atoms with van der Waals surface area (Å²) in [5.74, 6) is 0. The Hall–Kier alpha value is -0.420. The molecule has 3 rings (SSSR count). The third-order valence-electron chi connectivity index (χ3n) is 5.02. The average molecular weight is 353 g/mol. The normalized spacial score (nSPS) is 29.1. The molecule has 0 radical (unpaired) electrons. The van der Waals surface area contributed by atoms with Gasteiger partial charge in [-0.05, 0) is 56.4 Å². The number of ether oxygens (including phenoxy) is 1. The Balaban J connectivity index is 1.87. The van der Waals surface area contributed by atoms with Gasteiger partial charge in [0.05, 0.1) is 12.2 Å². The number of morpholine rings is 1. The lowest BCUT2D eigenvalue weighted by Gasteiger charge is -2.51. The van der Waals surface area contributed by atoms with E-state index in [0.717, 1.165) is 45.5 Å². The Morgan fingerprint density at radius 3 is 2.86 bits per heavy atom. The van der Waals surface area contributed by atoms with Gasteiger partial charge in [-0.3, -0.25) is 4.90 Å². The third-order valence-corrected chi connectivity index (χ3v) is 5.52. The van der Waals surface area contributed by atoms with Gasteiger partial charge in [0.25, 0.3) is 0 Å². The molecular formula is C17H25BrN2O.